The van der Waals surface area contributed by atoms with Crippen LogP contribution in [-0.4, -0.2) is 20.6 Å². The lowest BCUT2D eigenvalue weighted by atomic mass is 10.1. The number of alkyl halides is 3. The minimum Gasteiger partial charge on any atom is -0.478 e. The number of aromatic nitrogens is 2. The summed E-state index contributed by atoms with van der Waals surface area (Å²) in [6.07, 6.45) is -2.37. The molecule has 0 atom stereocenters. The summed E-state index contributed by atoms with van der Waals surface area (Å²) in [4.78, 5) is 14.2. The monoisotopic (exact) mass is 270 g/mol. The molecule has 0 amide bonds. The minimum absolute atomic E-state index is 0.0238. The number of carboxylic acids is 1. The van der Waals surface area contributed by atoms with Crippen LogP contribution in [0.2, 0.25) is 0 Å². The van der Waals surface area contributed by atoms with E-state index in [9.17, 15) is 18.0 Å². The Bertz CT molecular complexity index is 605. The zero-order valence-corrected chi connectivity index (χ0v) is 9.55. The van der Waals surface area contributed by atoms with Crippen LogP contribution in [0.25, 0.3) is 0 Å². The number of hydrogen-bond donors (Lipinski definition) is 1. The van der Waals surface area contributed by atoms with Gasteiger partial charge in [-0.2, -0.15) is 13.2 Å². The van der Waals surface area contributed by atoms with E-state index in [4.69, 9.17) is 5.11 Å². The lowest BCUT2D eigenvalue weighted by molar-refractivity contribution is -0.147. The van der Waals surface area contributed by atoms with Crippen molar-refractivity contribution in [3.8, 4) is 0 Å². The molecule has 7 heteroatoms. The number of rotatable bonds is 3. The van der Waals surface area contributed by atoms with E-state index in [1.165, 1.54) is 24.4 Å². The molecule has 19 heavy (non-hydrogen) atoms. The largest absolute Gasteiger partial charge is 0.478 e. The summed E-state index contributed by atoms with van der Waals surface area (Å²) in [7, 11) is 0. The second-order valence-electron chi connectivity index (χ2n) is 3.84. The lowest BCUT2D eigenvalue weighted by Gasteiger charge is -2.11. The molecular weight excluding hydrogens is 261 g/mol. The standard InChI is InChI=1S/C12H9F3N2O2/c13-12(14,15)11-16-5-6-17(11)7-8-3-1-2-4-9(8)10(18)19/h1-6H,7H2,(H,18,19). The first-order valence-corrected chi connectivity index (χ1v) is 5.29. The van der Waals surface area contributed by atoms with E-state index in [1.54, 1.807) is 6.07 Å². The average Bonchev–Trinajstić information content (AvgIpc) is 2.77. The lowest BCUT2D eigenvalue weighted by Crippen LogP contribution is -2.16. The highest BCUT2D eigenvalue weighted by atomic mass is 19.4. The number of nitrogens with zero attached hydrogens (tertiary/aromatic N) is 2. The van der Waals surface area contributed by atoms with Crippen LogP contribution in [0.5, 0.6) is 0 Å². The molecule has 0 fully saturated rings. The summed E-state index contributed by atoms with van der Waals surface area (Å²) in [5.74, 6) is -2.23. The van der Waals surface area contributed by atoms with Gasteiger partial charge >= 0.3 is 12.1 Å². The van der Waals surface area contributed by atoms with Gasteiger partial charge in [-0.25, -0.2) is 9.78 Å². The molecule has 2 aromatic rings. The SMILES string of the molecule is O=C(O)c1ccccc1Cn1ccnc1C(F)(F)F. The van der Waals surface area contributed by atoms with E-state index in [0.717, 1.165) is 10.8 Å². The Morgan fingerprint density at radius 2 is 2.00 bits per heavy atom. The molecule has 0 aliphatic heterocycles. The Hall–Kier alpha value is -2.31. The molecule has 100 valence electrons. The van der Waals surface area contributed by atoms with Crippen LogP contribution in [-0.2, 0) is 12.7 Å². The maximum Gasteiger partial charge on any atom is 0.449 e. The second-order valence-corrected chi connectivity index (χ2v) is 3.84. The molecular formula is C12H9F3N2O2. The summed E-state index contributed by atoms with van der Waals surface area (Å²) in [5, 5.41) is 8.98. The number of aromatic carboxylic acids is 1. The molecule has 0 bridgehead atoms. The molecule has 1 heterocycles. The van der Waals surface area contributed by atoms with Crippen molar-refractivity contribution in [3.05, 3.63) is 53.6 Å². The second kappa shape index (κ2) is 4.75. The molecule has 0 saturated carbocycles. The predicted octanol–water partition coefficient (Wildman–Crippen LogP) is 2.65. The third-order valence-corrected chi connectivity index (χ3v) is 2.56. The molecule has 1 N–H and O–H groups in total. The average molecular weight is 270 g/mol. The first kappa shape index (κ1) is 13.1. The van der Waals surface area contributed by atoms with Gasteiger partial charge in [0.05, 0.1) is 5.56 Å². The zero-order valence-electron chi connectivity index (χ0n) is 9.55. The van der Waals surface area contributed by atoms with E-state index < -0.39 is 18.0 Å². The van der Waals surface area contributed by atoms with Gasteiger partial charge in [-0.1, -0.05) is 18.2 Å². The number of benzene rings is 1. The molecule has 2 rings (SSSR count). The van der Waals surface area contributed by atoms with Gasteiger partial charge in [0, 0.05) is 18.9 Å². The summed E-state index contributed by atoms with van der Waals surface area (Å²) in [6.45, 7) is -0.197. The summed E-state index contributed by atoms with van der Waals surface area (Å²) >= 11 is 0. The topological polar surface area (TPSA) is 55.1 Å². The Balaban J connectivity index is 2.38. The third kappa shape index (κ3) is 2.75. The van der Waals surface area contributed by atoms with Gasteiger partial charge < -0.3 is 9.67 Å². The van der Waals surface area contributed by atoms with Crippen LogP contribution in [0.4, 0.5) is 13.2 Å². The summed E-state index contributed by atoms with van der Waals surface area (Å²) in [5.41, 5.74) is 0.267. The third-order valence-electron chi connectivity index (χ3n) is 2.56. The fourth-order valence-corrected chi connectivity index (χ4v) is 1.74. The molecule has 0 aliphatic carbocycles. The van der Waals surface area contributed by atoms with E-state index in [-0.39, 0.29) is 12.1 Å². The quantitative estimate of drug-likeness (QED) is 0.932. The van der Waals surface area contributed by atoms with Gasteiger partial charge in [0.25, 0.3) is 0 Å². The maximum atomic E-state index is 12.6. The van der Waals surface area contributed by atoms with Gasteiger partial charge in [-0.15, -0.1) is 0 Å². The van der Waals surface area contributed by atoms with Gasteiger partial charge in [-0.3, -0.25) is 0 Å². The van der Waals surface area contributed by atoms with Crippen LogP contribution in [0.3, 0.4) is 0 Å². The normalized spacial score (nSPS) is 11.5. The Kier molecular flexibility index (Phi) is 3.28. The van der Waals surface area contributed by atoms with Gasteiger partial charge in [0.1, 0.15) is 0 Å². The fraction of sp³-hybridized carbons (Fsp3) is 0.167. The van der Waals surface area contributed by atoms with Crippen molar-refractivity contribution in [2.45, 2.75) is 12.7 Å². The molecule has 4 nitrogen and oxygen atoms in total. The first-order valence-electron chi connectivity index (χ1n) is 5.29. The van der Waals surface area contributed by atoms with Gasteiger partial charge in [-0.05, 0) is 11.6 Å². The van der Waals surface area contributed by atoms with Crippen molar-refractivity contribution >= 4 is 5.97 Å². The van der Waals surface area contributed by atoms with Crippen LogP contribution in [0.1, 0.15) is 21.7 Å². The van der Waals surface area contributed by atoms with Crippen molar-refractivity contribution < 1.29 is 23.1 Å². The van der Waals surface area contributed by atoms with Crippen LogP contribution < -0.4 is 0 Å². The van der Waals surface area contributed by atoms with Crippen molar-refractivity contribution in [1.82, 2.24) is 9.55 Å². The van der Waals surface area contributed by atoms with Crippen molar-refractivity contribution in [3.63, 3.8) is 0 Å². The highest BCUT2D eigenvalue weighted by Gasteiger charge is 2.36. The summed E-state index contributed by atoms with van der Waals surface area (Å²) < 4.78 is 38.8. The molecule has 0 unspecified atom stereocenters. The van der Waals surface area contributed by atoms with E-state index in [1.807, 2.05) is 0 Å². The number of carboxylic acid groups (broad SMARTS) is 1. The fourth-order valence-electron chi connectivity index (χ4n) is 1.74. The molecule has 0 radical (unpaired) electrons. The van der Waals surface area contributed by atoms with E-state index >= 15 is 0 Å². The first-order chi connectivity index (χ1) is 8.89. The Labute approximate surface area is 106 Å². The van der Waals surface area contributed by atoms with Gasteiger partial charge in [0.2, 0.25) is 5.82 Å². The van der Waals surface area contributed by atoms with E-state index in [0.29, 0.717) is 5.56 Å². The Morgan fingerprint density at radius 3 is 2.63 bits per heavy atom. The Morgan fingerprint density at radius 1 is 1.32 bits per heavy atom. The smallest absolute Gasteiger partial charge is 0.449 e. The van der Waals surface area contributed by atoms with Crippen LogP contribution >= 0.6 is 0 Å². The molecule has 0 spiro atoms. The maximum absolute atomic E-state index is 12.6. The molecule has 0 aliphatic rings. The highest BCUT2D eigenvalue weighted by molar-refractivity contribution is 5.89. The molecule has 1 aromatic heterocycles. The minimum atomic E-state index is -4.57. The molecule has 1 aromatic carbocycles. The number of halogens is 3. The van der Waals surface area contributed by atoms with Crippen molar-refractivity contribution in [2.24, 2.45) is 0 Å². The van der Waals surface area contributed by atoms with Crippen LogP contribution in [0.15, 0.2) is 36.7 Å². The summed E-state index contributed by atoms with van der Waals surface area (Å²) in [6, 6.07) is 5.92. The van der Waals surface area contributed by atoms with Crippen molar-refractivity contribution in [2.75, 3.05) is 0 Å². The number of carbonyl (C=O) groups is 1. The van der Waals surface area contributed by atoms with E-state index in [2.05, 4.69) is 4.98 Å². The highest BCUT2D eigenvalue weighted by Crippen LogP contribution is 2.28. The van der Waals surface area contributed by atoms with Gasteiger partial charge in [0.15, 0.2) is 0 Å². The predicted molar refractivity (Wildman–Crippen MR) is 59.7 cm³/mol. The number of hydrogen-bond acceptors (Lipinski definition) is 2. The molecule has 0 saturated heterocycles. The van der Waals surface area contributed by atoms with Crippen LogP contribution in [0, 0.1) is 0 Å². The van der Waals surface area contributed by atoms with Crippen molar-refractivity contribution in [1.29, 1.82) is 0 Å². The number of imidazole rings is 1. The zero-order chi connectivity index (χ0) is 14.0.